The number of piperidine rings is 1. The molecule has 1 aromatic carbocycles. The smallest absolute Gasteiger partial charge is 0.317 e. The average molecular weight is 378 g/mol. The van der Waals surface area contributed by atoms with Gasteiger partial charge in [0.25, 0.3) is 0 Å². The number of nitrogens with zero attached hydrogens (tertiary/aromatic N) is 3. The molecule has 146 valence electrons. The Kier molecular flexibility index (Phi) is 4.94. The predicted molar refractivity (Wildman–Crippen MR) is 110 cm³/mol. The van der Waals surface area contributed by atoms with Crippen molar-refractivity contribution in [3.63, 3.8) is 0 Å². The Morgan fingerprint density at radius 3 is 2.79 bits per heavy atom. The molecule has 2 aliphatic heterocycles. The maximum absolute atomic E-state index is 12.6. The molecule has 2 amide bonds. The third-order valence-electron chi connectivity index (χ3n) is 5.42. The fraction of sp³-hybridized carbons (Fsp3) is 0.364. The molecule has 2 aromatic rings. The number of para-hydroxylation sites is 1. The molecule has 6 heteroatoms. The van der Waals surface area contributed by atoms with E-state index in [2.05, 4.69) is 28.5 Å². The molecule has 2 aliphatic rings. The molecule has 0 saturated carbocycles. The first-order chi connectivity index (χ1) is 13.6. The summed E-state index contributed by atoms with van der Waals surface area (Å²) in [5, 5.41) is 3.03. The van der Waals surface area contributed by atoms with Gasteiger partial charge in [0.05, 0.1) is 0 Å². The highest BCUT2D eigenvalue weighted by atomic mass is 16.5. The Labute approximate surface area is 165 Å². The van der Waals surface area contributed by atoms with Crippen LogP contribution in [0.3, 0.4) is 0 Å². The standard InChI is InChI=1S/C22H26N4O2/c1-25(2)20-18(7-5-13-23-20)16-24-21(27)26-14-11-22(12-15-26)10-9-17-6-3-4-8-19(17)28-22/h3-10,13H,11-12,14-16H2,1-2H3,(H,24,27). The van der Waals surface area contributed by atoms with Crippen LogP contribution in [0, 0.1) is 0 Å². The molecule has 0 atom stereocenters. The summed E-state index contributed by atoms with van der Waals surface area (Å²) >= 11 is 0. The Bertz CT molecular complexity index is 886. The molecule has 0 aliphatic carbocycles. The second kappa shape index (κ2) is 7.54. The second-order valence-electron chi connectivity index (χ2n) is 7.56. The van der Waals surface area contributed by atoms with E-state index in [0.717, 1.165) is 35.5 Å². The van der Waals surface area contributed by atoms with Crippen LogP contribution in [0.25, 0.3) is 6.08 Å². The predicted octanol–water partition coefficient (Wildman–Crippen LogP) is 3.30. The fourth-order valence-corrected chi connectivity index (χ4v) is 3.82. The molecule has 3 heterocycles. The third-order valence-corrected chi connectivity index (χ3v) is 5.42. The van der Waals surface area contributed by atoms with Crippen molar-refractivity contribution in [1.82, 2.24) is 15.2 Å². The molecular formula is C22H26N4O2. The summed E-state index contributed by atoms with van der Waals surface area (Å²) in [5.74, 6) is 1.80. The van der Waals surface area contributed by atoms with Gasteiger partial charge in [0, 0.05) is 63.9 Å². The largest absolute Gasteiger partial charge is 0.482 e. The van der Waals surface area contributed by atoms with Crippen molar-refractivity contribution >= 4 is 17.9 Å². The number of anilines is 1. The van der Waals surface area contributed by atoms with Gasteiger partial charge in [-0.3, -0.25) is 0 Å². The van der Waals surface area contributed by atoms with E-state index in [1.807, 2.05) is 54.2 Å². The highest BCUT2D eigenvalue weighted by Crippen LogP contribution is 2.36. The SMILES string of the molecule is CN(C)c1ncccc1CNC(=O)N1CCC2(C=Cc3ccccc3O2)CC1. The van der Waals surface area contributed by atoms with E-state index in [4.69, 9.17) is 4.74 Å². The number of urea groups is 1. The first-order valence-electron chi connectivity index (χ1n) is 9.68. The zero-order valence-corrected chi connectivity index (χ0v) is 16.4. The summed E-state index contributed by atoms with van der Waals surface area (Å²) in [6, 6.07) is 11.9. The zero-order chi connectivity index (χ0) is 19.6. The Hall–Kier alpha value is -3.02. The van der Waals surface area contributed by atoms with Crippen molar-refractivity contribution in [1.29, 1.82) is 0 Å². The molecule has 1 saturated heterocycles. The van der Waals surface area contributed by atoms with Gasteiger partial charge in [-0.2, -0.15) is 0 Å². The molecule has 4 rings (SSSR count). The van der Waals surface area contributed by atoms with Crippen LogP contribution in [0.2, 0.25) is 0 Å². The number of aromatic nitrogens is 1. The van der Waals surface area contributed by atoms with Crippen LogP contribution in [0.15, 0.2) is 48.7 Å². The minimum atomic E-state index is -0.299. The van der Waals surface area contributed by atoms with Crippen LogP contribution >= 0.6 is 0 Å². The van der Waals surface area contributed by atoms with E-state index in [-0.39, 0.29) is 11.6 Å². The van der Waals surface area contributed by atoms with E-state index in [9.17, 15) is 4.79 Å². The zero-order valence-electron chi connectivity index (χ0n) is 16.4. The van der Waals surface area contributed by atoms with Crippen LogP contribution in [0.1, 0.15) is 24.0 Å². The van der Waals surface area contributed by atoms with E-state index >= 15 is 0 Å². The van der Waals surface area contributed by atoms with Gasteiger partial charge >= 0.3 is 6.03 Å². The first kappa shape index (κ1) is 18.3. The number of ether oxygens (including phenoxy) is 1. The molecule has 28 heavy (non-hydrogen) atoms. The summed E-state index contributed by atoms with van der Waals surface area (Å²) < 4.78 is 6.30. The topological polar surface area (TPSA) is 57.7 Å². The number of hydrogen-bond donors (Lipinski definition) is 1. The molecule has 0 bridgehead atoms. The maximum atomic E-state index is 12.6. The van der Waals surface area contributed by atoms with Crippen molar-refractivity contribution in [2.45, 2.75) is 25.0 Å². The lowest BCUT2D eigenvalue weighted by atomic mass is 9.88. The number of hydrogen-bond acceptors (Lipinski definition) is 4. The van der Waals surface area contributed by atoms with Gasteiger partial charge < -0.3 is 19.9 Å². The molecular weight excluding hydrogens is 352 g/mol. The van der Waals surface area contributed by atoms with Gasteiger partial charge in [0.15, 0.2) is 0 Å². The van der Waals surface area contributed by atoms with Gasteiger partial charge in [0.1, 0.15) is 17.2 Å². The lowest BCUT2D eigenvalue weighted by Crippen LogP contribution is -2.51. The van der Waals surface area contributed by atoms with Gasteiger partial charge in [-0.15, -0.1) is 0 Å². The lowest BCUT2D eigenvalue weighted by molar-refractivity contribution is 0.0497. The minimum absolute atomic E-state index is 0.0383. The van der Waals surface area contributed by atoms with Crippen molar-refractivity contribution < 1.29 is 9.53 Å². The summed E-state index contributed by atoms with van der Waals surface area (Å²) in [6.07, 6.45) is 7.64. The van der Waals surface area contributed by atoms with Crippen molar-refractivity contribution in [2.24, 2.45) is 0 Å². The van der Waals surface area contributed by atoms with E-state index in [1.54, 1.807) is 6.20 Å². The van der Waals surface area contributed by atoms with Gasteiger partial charge in [-0.25, -0.2) is 9.78 Å². The highest BCUT2D eigenvalue weighted by Gasteiger charge is 2.37. The van der Waals surface area contributed by atoms with Crippen LogP contribution in [0.4, 0.5) is 10.6 Å². The summed E-state index contributed by atoms with van der Waals surface area (Å²) in [7, 11) is 3.90. The lowest BCUT2D eigenvalue weighted by Gasteiger charge is -2.41. The summed E-state index contributed by atoms with van der Waals surface area (Å²) in [5.41, 5.74) is 1.82. The summed E-state index contributed by atoms with van der Waals surface area (Å²) in [6.45, 7) is 1.81. The molecule has 1 spiro atoms. The summed E-state index contributed by atoms with van der Waals surface area (Å²) in [4.78, 5) is 20.8. The molecule has 1 N–H and O–H groups in total. The van der Waals surface area contributed by atoms with Gasteiger partial charge in [-0.1, -0.05) is 30.3 Å². The number of carbonyl (C=O) groups is 1. The van der Waals surface area contributed by atoms with Crippen molar-refractivity contribution in [3.05, 3.63) is 59.8 Å². The maximum Gasteiger partial charge on any atom is 0.317 e. The number of nitrogens with one attached hydrogen (secondary N) is 1. The molecule has 6 nitrogen and oxygen atoms in total. The van der Waals surface area contributed by atoms with Crippen LogP contribution in [-0.4, -0.2) is 48.7 Å². The number of carbonyl (C=O) groups excluding carboxylic acids is 1. The van der Waals surface area contributed by atoms with Crippen molar-refractivity contribution in [2.75, 3.05) is 32.1 Å². The number of pyridine rings is 1. The molecule has 0 radical (unpaired) electrons. The van der Waals surface area contributed by atoms with Crippen LogP contribution < -0.4 is 15.0 Å². The van der Waals surface area contributed by atoms with Crippen LogP contribution in [-0.2, 0) is 6.54 Å². The van der Waals surface area contributed by atoms with Gasteiger partial charge in [-0.05, 0) is 18.2 Å². The monoisotopic (exact) mass is 378 g/mol. The molecule has 1 fully saturated rings. The number of rotatable bonds is 3. The number of benzene rings is 1. The Morgan fingerprint density at radius 1 is 1.21 bits per heavy atom. The Morgan fingerprint density at radius 2 is 2.00 bits per heavy atom. The molecule has 1 aromatic heterocycles. The number of likely N-dealkylation sites (tertiary alicyclic amines) is 1. The number of fused-ring (bicyclic) bond motifs is 1. The van der Waals surface area contributed by atoms with Gasteiger partial charge in [0.2, 0.25) is 0 Å². The van der Waals surface area contributed by atoms with E-state index < -0.39 is 0 Å². The molecule has 0 unspecified atom stereocenters. The highest BCUT2D eigenvalue weighted by molar-refractivity contribution is 5.74. The van der Waals surface area contributed by atoms with E-state index in [1.165, 1.54) is 0 Å². The average Bonchev–Trinajstić information content (AvgIpc) is 2.72. The quantitative estimate of drug-likeness (QED) is 0.890. The van der Waals surface area contributed by atoms with Crippen LogP contribution in [0.5, 0.6) is 5.75 Å². The van der Waals surface area contributed by atoms with Crippen molar-refractivity contribution in [3.8, 4) is 5.75 Å². The van der Waals surface area contributed by atoms with E-state index in [0.29, 0.717) is 19.6 Å². The fourth-order valence-electron chi connectivity index (χ4n) is 3.82. The number of amides is 2. The first-order valence-corrected chi connectivity index (χ1v) is 9.68. The second-order valence-corrected chi connectivity index (χ2v) is 7.56. The minimum Gasteiger partial charge on any atom is -0.482 e. The normalized spacial score (nSPS) is 17.0. The Balaban J connectivity index is 1.34. The third kappa shape index (κ3) is 3.67.